The lowest BCUT2D eigenvalue weighted by Crippen LogP contribution is -2.41. The third kappa shape index (κ3) is 4.11. The molecule has 30 heavy (non-hydrogen) atoms. The third-order valence-electron chi connectivity index (χ3n) is 4.93. The van der Waals surface area contributed by atoms with E-state index in [2.05, 4.69) is 0 Å². The van der Waals surface area contributed by atoms with E-state index in [0.717, 1.165) is 5.56 Å². The molecule has 1 aliphatic rings. The third-order valence-corrected chi connectivity index (χ3v) is 4.93. The highest BCUT2D eigenvalue weighted by atomic mass is 32.1. The van der Waals surface area contributed by atoms with E-state index < -0.39 is 13.0 Å². The molecule has 1 saturated heterocycles. The Morgan fingerprint density at radius 1 is 0.700 bits per heavy atom. The van der Waals surface area contributed by atoms with Gasteiger partial charge in [0.15, 0.2) is 0 Å². The summed E-state index contributed by atoms with van der Waals surface area (Å²) < 4.78 is 0. The van der Waals surface area contributed by atoms with Gasteiger partial charge in [-0.3, -0.25) is 9.59 Å². The highest BCUT2D eigenvalue weighted by Crippen LogP contribution is 2.33. The molecule has 8 heteroatoms. The van der Waals surface area contributed by atoms with Gasteiger partial charge in [-0.2, -0.15) is 13.5 Å². The van der Waals surface area contributed by atoms with Crippen molar-refractivity contribution in [1.82, 2.24) is 0 Å². The topological polar surface area (TPSA) is 81.1 Å². The Kier molecular flexibility index (Phi) is 6.61. The fourth-order valence-electron chi connectivity index (χ4n) is 3.46. The molecule has 3 aromatic rings. The molecule has 1 heterocycles. The maximum atomic E-state index is 13.3. The summed E-state index contributed by atoms with van der Waals surface area (Å²) in [5, 5.41) is 21.3. The molecule has 1 fully saturated rings. The number of carbonyl (C=O) groups excluding carboxylic acids is 2. The molecule has 0 spiro atoms. The van der Waals surface area contributed by atoms with Gasteiger partial charge < -0.3 is 10.0 Å². The molecule has 1 aliphatic heterocycles. The standard InChI is InChI=1S/C22H19BN2O4.H2S/c26-21-20(15-16-11-13-17(14-12-16)23(28)29)22(27)25(19-9-5-2-6-10-19)24(21)18-7-3-1-4-8-18;/h1-14,20,28-29H,15H2;1H2. The summed E-state index contributed by atoms with van der Waals surface area (Å²) >= 11 is 0. The quantitative estimate of drug-likeness (QED) is 0.486. The average molecular weight is 420 g/mol. The van der Waals surface area contributed by atoms with Crippen LogP contribution in [0.15, 0.2) is 84.9 Å². The zero-order valence-electron chi connectivity index (χ0n) is 16.1. The lowest BCUT2D eigenvalue weighted by Gasteiger charge is -2.27. The molecular weight excluding hydrogens is 399 g/mol. The number of hydrazine groups is 1. The van der Waals surface area contributed by atoms with Crippen molar-refractivity contribution in [2.45, 2.75) is 6.42 Å². The molecule has 4 rings (SSSR count). The minimum atomic E-state index is -1.55. The van der Waals surface area contributed by atoms with E-state index in [9.17, 15) is 19.6 Å². The van der Waals surface area contributed by atoms with Crippen molar-refractivity contribution in [2.24, 2.45) is 5.92 Å². The summed E-state index contributed by atoms with van der Waals surface area (Å²) in [5.41, 5.74) is 2.37. The number of nitrogens with zero attached hydrogens (tertiary/aromatic N) is 2. The van der Waals surface area contributed by atoms with Gasteiger partial charge in [0.1, 0.15) is 5.92 Å². The van der Waals surface area contributed by atoms with Gasteiger partial charge in [-0.1, -0.05) is 60.7 Å². The Balaban J connectivity index is 0.00000256. The van der Waals surface area contributed by atoms with Crippen molar-refractivity contribution >= 4 is 49.3 Å². The first-order valence-corrected chi connectivity index (χ1v) is 9.29. The first-order chi connectivity index (χ1) is 14.1. The zero-order valence-corrected chi connectivity index (χ0v) is 17.1. The summed E-state index contributed by atoms with van der Waals surface area (Å²) in [6.07, 6.45) is 0.228. The van der Waals surface area contributed by atoms with Crippen LogP contribution in [0.3, 0.4) is 0 Å². The van der Waals surface area contributed by atoms with E-state index in [1.54, 1.807) is 48.5 Å². The lowest BCUT2D eigenvalue weighted by molar-refractivity contribution is -0.126. The van der Waals surface area contributed by atoms with Gasteiger partial charge in [0, 0.05) is 0 Å². The van der Waals surface area contributed by atoms with E-state index in [1.807, 2.05) is 36.4 Å². The summed E-state index contributed by atoms with van der Waals surface area (Å²) in [4.78, 5) is 26.5. The summed E-state index contributed by atoms with van der Waals surface area (Å²) in [6, 6.07) is 24.7. The Hall–Kier alpha value is -3.07. The Bertz CT molecular complexity index is 959. The molecule has 3 aromatic carbocycles. The summed E-state index contributed by atoms with van der Waals surface area (Å²) in [6.45, 7) is 0. The molecule has 2 amide bonds. The number of hydrogen-bond acceptors (Lipinski definition) is 4. The Labute approximate surface area is 181 Å². The molecule has 0 bridgehead atoms. The number of rotatable bonds is 5. The molecule has 152 valence electrons. The van der Waals surface area contributed by atoms with Crippen LogP contribution in [0.1, 0.15) is 5.56 Å². The van der Waals surface area contributed by atoms with Gasteiger partial charge in [0.2, 0.25) is 0 Å². The second-order valence-electron chi connectivity index (χ2n) is 6.84. The van der Waals surface area contributed by atoms with Crippen LogP contribution in [0.5, 0.6) is 0 Å². The molecule has 0 aliphatic carbocycles. The number of carbonyl (C=O) groups is 2. The van der Waals surface area contributed by atoms with Gasteiger partial charge >= 0.3 is 7.12 Å². The predicted molar refractivity (Wildman–Crippen MR) is 122 cm³/mol. The molecule has 0 saturated carbocycles. The second kappa shape index (κ2) is 9.17. The number of para-hydroxylation sites is 2. The van der Waals surface area contributed by atoms with E-state index >= 15 is 0 Å². The first-order valence-electron chi connectivity index (χ1n) is 9.29. The summed E-state index contributed by atoms with van der Waals surface area (Å²) in [7, 11) is -1.55. The molecule has 0 aromatic heterocycles. The van der Waals surface area contributed by atoms with Gasteiger partial charge in [-0.15, -0.1) is 0 Å². The first kappa shape index (κ1) is 21.6. The second-order valence-corrected chi connectivity index (χ2v) is 6.84. The number of anilines is 2. The smallest absolute Gasteiger partial charge is 0.423 e. The van der Waals surface area contributed by atoms with Crippen molar-refractivity contribution < 1.29 is 19.6 Å². The maximum Gasteiger partial charge on any atom is 0.488 e. The average Bonchev–Trinajstić information content (AvgIpc) is 3.00. The van der Waals surface area contributed by atoms with Gasteiger partial charge in [-0.25, -0.2) is 10.0 Å². The SMILES string of the molecule is O=C1C(Cc2ccc(B(O)O)cc2)C(=O)N(c2ccccc2)N1c1ccccc1.S. The van der Waals surface area contributed by atoms with Crippen LogP contribution < -0.4 is 15.5 Å². The van der Waals surface area contributed by atoms with Crippen LogP contribution in [0, 0.1) is 5.92 Å². The van der Waals surface area contributed by atoms with Gasteiger partial charge in [-0.05, 0) is 41.7 Å². The van der Waals surface area contributed by atoms with Crippen molar-refractivity contribution in [3.8, 4) is 0 Å². The monoisotopic (exact) mass is 420 g/mol. The normalized spacial score (nSPS) is 14.1. The van der Waals surface area contributed by atoms with Crippen LogP contribution in [0.2, 0.25) is 0 Å². The minimum Gasteiger partial charge on any atom is -0.423 e. The van der Waals surface area contributed by atoms with E-state index in [4.69, 9.17) is 0 Å². The Morgan fingerprint density at radius 2 is 1.13 bits per heavy atom. The lowest BCUT2D eigenvalue weighted by atomic mass is 9.80. The number of hydrogen-bond donors (Lipinski definition) is 2. The molecule has 0 atom stereocenters. The van der Waals surface area contributed by atoms with Crippen molar-refractivity contribution in [3.05, 3.63) is 90.5 Å². The fourth-order valence-corrected chi connectivity index (χ4v) is 3.46. The van der Waals surface area contributed by atoms with E-state index in [-0.39, 0.29) is 31.7 Å². The molecule has 2 N–H and O–H groups in total. The van der Waals surface area contributed by atoms with Crippen LogP contribution in [-0.4, -0.2) is 29.0 Å². The molecule has 0 unspecified atom stereocenters. The zero-order chi connectivity index (χ0) is 20.4. The van der Waals surface area contributed by atoms with Crippen molar-refractivity contribution in [1.29, 1.82) is 0 Å². The van der Waals surface area contributed by atoms with E-state index in [0.29, 0.717) is 16.8 Å². The molecule has 0 radical (unpaired) electrons. The minimum absolute atomic E-state index is 0. The van der Waals surface area contributed by atoms with Gasteiger partial charge in [0.05, 0.1) is 11.4 Å². The number of benzene rings is 3. The molecule has 6 nitrogen and oxygen atoms in total. The van der Waals surface area contributed by atoms with Crippen molar-refractivity contribution in [2.75, 3.05) is 10.0 Å². The van der Waals surface area contributed by atoms with Gasteiger partial charge in [0.25, 0.3) is 11.8 Å². The van der Waals surface area contributed by atoms with Crippen LogP contribution in [-0.2, 0) is 16.0 Å². The highest BCUT2D eigenvalue weighted by molar-refractivity contribution is 7.59. The van der Waals surface area contributed by atoms with Crippen LogP contribution >= 0.6 is 13.5 Å². The highest BCUT2D eigenvalue weighted by Gasteiger charge is 2.46. The molecular formula is C22H21BN2O4S. The van der Waals surface area contributed by atoms with E-state index in [1.165, 1.54) is 10.0 Å². The largest absolute Gasteiger partial charge is 0.488 e. The maximum absolute atomic E-state index is 13.3. The van der Waals surface area contributed by atoms with Crippen molar-refractivity contribution in [3.63, 3.8) is 0 Å². The summed E-state index contributed by atoms with van der Waals surface area (Å²) in [5.74, 6) is -1.45. The fraction of sp³-hybridized carbons (Fsp3) is 0.0909. The van der Waals surface area contributed by atoms with Crippen LogP contribution in [0.25, 0.3) is 0 Å². The predicted octanol–water partition coefficient (Wildman–Crippen LogP) is 1.63. The van der Waals surface area contributed by atoms with Crippen LogP contribution in [0.4, 0.5) is 11.4 Å². The number of amides is 2. The Morgan fingerprint density at radius 3 is 1.53 bits per heavy atom.